The first kappa shape index (κ1) is 8.52. The Balaban J connectivity index is 1.52. The molecule has 2 heteroatoms. The molecule has 0 bridgehead atoms. The second kappa shape index (κ2) is 3.35. The van der Waals surface area contributed by atoms with Crippen LogP contribution in [0.1, 0.15) is 32.6 Å². The summed E-state index contributed by atoms with van der Waals surface area (Å²) >= 11 is 0. The summed E-state index contributed by atoms with van der Waals surface area (Å²) in [5, 5.41) is 12.6. The van der Waals surface area contributed by atoms with E-state index < -0.39 is 0 Å². The molecule has 0 amide bonds. The molecule has 2 aliphatic rings. The Labute approximate surface area is 74.4 Å². The van der Waals surface area contributed by atoms with Crippen molar-refractivity contribution < 1.29 is 5.11 Å². The van der Waals surface area contributed by atoms with Crippen LogP contribution in [0.5, 0.6) is 0 Å². The van der Waals surface area contributed by atoms with Crippen molar-refractivity contribution in [3.05, 3.63) is 0 Å². The Bertz CT molecular complexity index is 130. The van der Waals surface area contributed by atoms with Crippen molar-refractivity contribution in [3.8, 4) is 0 Å². The van der Waals surface area contributed by atoms with Crippen molar-refractivity contribution in [2.24, 2.45) is 11.8 Å². The molecule has 2 nitrogen and oxygen atoms in total. The van der Waals surface area contributed by atoms with Gasteiger partial charge in [0.15, 0.2) is 0 Å². The molecule has 0 saturated heterocycles. The highest BCUT2D eigenvalue weighted by Crippen LogP contribution is 2.29. The Morgan fingerprint density at radius 3 is 2.42 bits per heavy atom. The van der Waals surface area contributed by atoms with Gasteiger partial charge in [0, 0.05) is 6.04 Å². The van der Waals surface area contributed by atoms with Crippen LogP contribution in [0.25, 0.3) is 0 Å². The lowest BCUT2D eigenvalue weighted by Gasteiger charge is -2.37. The molecule has 2 N–H and O–H groups in total. The fourth-order valence-electron chi connectivity index (χ4n) is 2.27. The summed E-state index contributed by atoms with van der Waals surface area (Å²) in [4.78, 5) is 0. The first-order chi connectivity index (χ1) is 5.74. The third-order valence-electron chi connectivity index (χ3n) is 3.28. The zero-order valence-corrected chi connectivity index (χ0v) is 7.79. The van der Waals surface area contributed by atoms with Crippen LogP contribution in [0, 0.1) is 11.8 Å². The molecule has 0 aliphatic heterocycles. The molecule has 0 heterocycles. The van der Waals surface area contributed by atoms with Crippen LogP contribution in [0.15, 0.2) is 0 Å². The van der Waals surface area contributed by atoms with E-state index in [1.54, 1.807) is 0 Å². The molecular weight excluding hydrogens is 150 g/mol. The summed E-state index contributed by atoms with van der Waals surface area (Å²) in [5.41, 5.74) is 0. The number of aliphatic hydroxyl groups excluding tert-OH is 1. The topological polar surface area (TPSA) is 32.3 Å². The molecule has 2 fully saturated rings. The van der Waals surface area contributed by atoms with E-state index in [0.717, 1.165) is 37.3 Å². The fourth-order valence-corrected chi connectivity index (χ4v) is 2.27. The molecule has 0 aromatic carbocycles. The highest BCUT2D eigenvalue weighted by Gasteiger charge is 2.30. The summed E-state index contributed by atoms with van der Waals surface area (Å²) < 4.78 is 0. The molecule has 0 radical (unpaired) electrons. The lowest BCUT2D eigenvalue weighted by atomic mass is 9.79. The maximum atomic E-state index is 9.07. The van der Waals surface area contributed by atoms with E-state index >= 15 is 0 Å². The predicted molar refractivity (Wildman–Crippen MR) is 48.9 cm³/mol. The van der Waals surface area contributed by atoms with Crippen LogP contribution in [-0.4, -0.2) is 23.8 Å². The highest BCUT2D eigenvalue weighted by atomic mass is 16.3. The lowest BCUT2D eigenvalue weighted by Crippen LogP contribution is -2.45. The summed E-state index contributed by atoms with van der Waals surface area (Å²) in [6.07, 6.45) is 4.77. The maximum Gasteiger partial charge on any atom is 0.0546 e. The number of rotatable bonds is 3. The molecule has 2 saturated carbocycles. The van der Waals surface area contributed by atoms with Gasteiger partial charge in [0.2, 0.25) is 0 Å². The molecule has 0 unspecified atom stereocenters. The minimum atomic E-state index is 0.0112. The third kappa shape index (κ3) is 1.80. The average Bonchev–Trinajstić information content (AvgIpc) is 1.91. The Hall–Kier alpha value is -0.0800. The van der Waals surface area contributed by atoms with Gasteiger partial charge in [-0.15, -0.1) is 0 Å². The van der Waals surface area contributed by atoms with Gasteiger partial charge in [-0.25, -0.2) is 0 Å². The van der Waals surface area contributed by atoms with Crippen LogP contribution in [0.2, 0.25) is 0 Å². The molecule has 0 aromatic heterocycles. The first-order valence-electron chi connectivity index (χ1n) is 5.15. The van der Waals surface area contributed by atoms with Gasteiger partial charge in [-0.05, 0) is 44.1 Å². The summed E-state index contributed by atoms with van der Waals surface area (Å²) in [7, 11) is 0. The molecular formula is C10H19NO. The van der Waals surface area contributed by atoms with Gasteiger partial charge < -0.3 is 10.4 Å². The van der Waals surface area contributed by atoms with E-state index in [-0.39, 0.29) is 6.10 Å². The van der Waals surface area contributed by atoms with Crippen LogP contribution < -0.4 is 5.32 Å². The van der Waals surface area contributed by atoms with Gasteiger partial charge in [-0.1, -0.05) is 6.92 Å². The Kier molecular flexibility index (Phi) is 2.37. The number of nitrogens with one attached hydrogen (secondary N) is 1. The summed E-state index contributed by atoms with van der Waals surface area (Å²) in [6.45, 7) is 3.44. The van der Waals surface area contributed by atoms with Crippen molar-refractivity contribution in [2.75, 3.05) is 6.54 Å². The normalized spacial score (nSPS) is 46.5. The van der Waals surface area contributed by atoms with Crippen molar-refractivity contribution in [2.45, 2.75) is 44.8 Å². The van der Waals surface area contributed by atoms with Crippen LogP contribution in [-0.2, 0) is 0 Å². The largest absolute Gasteiger partial charge is 0.393 e. The standard InChI is InChI=1S/C10H19NO/c1-7-2-9(3-7)11-6-8-4-10(12)5-8/h7-12H,2-6H2,1H3. The van der Waals surface area contributed by atoms with E-state index in [0.29, 0.717) is 0 Å². The Morgan fingerprint density at radius 1 is 1.25 bits per heavy atom. The van der Waals surface area contributed by atoms with Gasteiger partial charge in [0.25, 0.3) is 0 Å². The van der Waals surface area contributed by atoms with E-state index in [2.05, 4.69) is 12.2 Å². The molecule has 70 valence electrons. The van der Waals surface area contributed by atoms with Gasteiger partial charge in [0.1, 0.15) is 0 Å². The van der Waals surface area contributed by atoms with E-state index in [4.69, 9.17) is 5.11 Å². The van der Waals surface area contributed by atoms with E-state index in [1.807, 2.05) is 0 Å². The number of hydrogen-bond acceptors (Lipinski definition) is 2. The third-order valence-corrected chi connectivity index (χ3v) is 3.28. The average molecular weight is 169 g/mol. The SMILES string of the molecule is CC1CC(NCC2CC(O)C2)C1. The van der Waals surface area contributed by atoms with E-state index in [1.165, 1.54) is 12.8 Å². The molecule has 12 heavy (non-hydrogen) atoms. The predicted octanol–water partition coefficient (Wildman–Crippen LogP) is 1.15. The number of hydrogen-bond donors (Lipinski definition) is 2. The zero-order valence-electron chi connectivity index (χ0n) is 7.79. The quantitative estimate of drug-likeness (QED) is 0.664. The maximum absolute atomic E-state index is 9.07. The van der Waals surface area contributed by atoms with Gasteiger partial charge >= 0.3 is 0 Å². The summed E-state index contributed by atoms with van der Waals surface area (Å²) in [6, 6.07) is 0.790. The van der Waals surface area contributed by atoms with Crippen LogP contribution in [0.4, 0.5) is 0 Å². The lowest BCUT2D eigenvalue weighted by molar-refractivity contribution is 0.0392. The minimum absolute atomic E-state index is 0.0112. The molecule has 0 spiro atoms. The fraction of sp³-hybridized carbons (Fsp3) is 1.00. The second-order valence-electron chi connectivity index (χ2n) is 4.67. The molecule has 2 rings (SSSR count). The molecule has 2 aliphatic carbocycles. The highest BCUT2D eigenvalue weighted by molar-refractivity contribution is 4.86. The smallest absolute Gasteiger partial charge is 0.0546 e. The second-order valence-corrected chi connectivity index (χ2v) is 4.67. The monoisotopic (exact) mass is 169 g/mol. The first-order valence-corrected chi connectivity index (χ1v) is 5.15. The molecule has 0 aromatic rings. The van der Waals surface area contributed by atoms with Crippen molar-refractivity contribution in [3.63, 3.8) is 0 Å². The van der Waals surface area contributed by atoms with Crippen molar-refractivity contribution >= 4 is 0 Å². The zero-order chi connectivity index (χ0) is 8.55. The number of aliphatic hydroxyl groups is 1. The molecule has 0 atom stereocenters. The van der Waals surface area contributed by atoms with Gasteiger partial charge in [-0.3, -0.25) is 0 Å². The van der Waals surface area contributed by atoms with Crippen molar-refractivity contribution in [1.82, 2.24) is 5.32 Å². The summed E-state index contributed by atoms with van der Waals surface area (Å²) in [5.74, 6) is 1.70. The minimum Gasteiger partial charge on any atom is -0.393 e. The van der Waals surface area contributed by atoms with Gasteiger partial charge in [-0.2, -0.15) is 0 Å². The van der Waals surface area contributed by atoms with E-state index in [9.17, 15) is 0 Å². The van der Waals surface area contributed by atoms with Crippen LogP contribution in [0.3, 0.4) is 0 Å². The van der Waals surface area contributed by atoms with Crippen LogP contribution >= 0.6 is 0 Å². The van der Waals surface area contributed by atoms with Gasteiger partial charge in [0.05, 0.1) is 6.10 Å². The van der Waals surface area contributed by atoms with Crippen molar-refractivity contribution in [1.29, 1.82) is 0 Å². The Morgan fingerprint density at radius 2 is 1.92 bits per heavy atom.